The van der Waals surface area contributed by atoms with Crippen LogP contribution in [0.15, 0.2) is 11.6 Å². The first-order chi connectivity index (χ1) is 30.9. The van der Waals surface area contributed by atoms with Crippen molar-refractivity contribution in [2.24, 2.45) is 28.6 Å². The highest BCUT2D eigenvalue weighted by molar-refractivity contribution is 7.81. The van der Waals surface area contributed by atoms with Crippen LogP contribution in [0.3, 0.4) is 0 Å². The lowest BCUT2D eigenvalue weighted by Crippen LogP contribution is -2.50. The van der Waals surface area contributed by atoms with Crippen LogP contribution in [0.5, 0.6) is 0 Å². The molecule has 0 bridgehead atoms. The van der Waals surface area contributed by atoms with Gasteiger partial charge in [-0.3, -0.25) is 14.4 Å². The maximum Gasteiger partial charge on any atom is 0.400 e. The molecule has 10 heteroatoms. The minimum Gasteiger partial charge on any atom is -0.462 e. The lowest BCUT2D eigenvalue weighted by Gasteiger charge is -2.56. The number of unbranched alkanes of at least 4 members (excludes halogenated alkanes) is 24. The molecule has 0 heterocycles. The van der Waals surface area contributed by atoms with Crippen LogP contribution < -0.4 is 0 Å². The predicted molar refractivity (Wildman–Crippen MR) is 258 cm³/mol. The summed E-state index contributed by atoms with van der Waals surface area (Å²) in [4.78, 5) is 38.6. The Labute approximate surface area is 391 Å². The van der Waals surface area contributed by atoms with E-state index in [0.29, 0.717) is 49.2 Å². The number of hydrogen-bond acceptors (Lipinski definition) is 9. The molecular weight excluding hydrogens is 825 g/mol. The van der Waals surface area contributed by atoms with Crippen LogP contribution in [-0.4, -0.2) is 51.6 Å². The second-order valence-electron chi connectivity index (χ2n) is 21.1. The fraction of sp³-hybridized carbons (Fsp3) is 0.907. The molecule has 0 radical (unpaired) electrons. The molecule has 0 aliphatic heterocycles. The number of allylic oxidation sites excluding steroid dienone is 1. The summed E-state index contributed by atoms with van der Waals surface area (Å²) in [6, 6.07) is 0. The van der Waals surface area contributed by atoms with Gasteiger partial charge in [-0.15, -0.1) is 0 Å². The summed E-state index contributed by atoms with van der Waals surface area (Å²) in [5.74, 6) is 1.04. The fourth-order valence-electron chi connectivity index (χ4n) is 12.0. The van der Waals surface area contributed by atoms with E-state index in [4.69, 9.17) is 17.8 Å². The van der Waals surface area contributed by atoms with Gasteiger partial charge < -0.3 is 9.47 Å². The van der Waals surface area contributed by atoms with E-state index in [9.17, 15) is 22.8 Å². The number of fused-ring (bicyclic) bond motifs is 5. The van der Waals surface area contributed by atoms with Gasteiger partial charge in [0.25, 0.3) is 0 Å². The monoisotopic (exact) mass is 919 g/mol. The average Bonchev–Trinajstić information content (AvgIpc) is 3.58. The zero-order chi connectivity index (χ0) is 46.1. The largest absolute Gasteiger partial charge is 0.462 e. The highest BCUT2D eigenvalue weighted by Crippen LogP contribution is 2.64. The van der Waals surface area contributed by atoms with Crippen molar-refractivity contribution in [2.45, 2.75) is 271 Å². The van der Waals surface area contributed by atoms with Crippen molar-refractivity contribution >= 4 is 28.1 Å². The van der Waals surface area contributed by atoms with Crippen molar-refractivity contribution in [3.63, 3.8) is 0 Å². The first-order valence-electron chi connectivity index (χ1n) is 27.1. The quantitative estimate of drug-likeness (QED) is 0.0343. The van der Waals surface area contributed by atoms with Crippen molar-refractivity contribution in [3.05, 3.63) is 11.6 Å². The van der Waals surface area contributed by atoms with Crippen LogP contribution in [0, 0.1) is 28.6 Å². The normalized spacial score (nSPS) is 25.9. The Morgan fingerprint density at radius 1 is 0.625 bits per heavy atom. The van der Waals surface area contributed by atoms with Crippen molar-refractivity contribution in [1.29, 1.82) is 0 Å². The highest BCUT2D eigenvalue weighted by atomic mass is 32.3. The molecule has 0 unspecified atom stereocenters. The molecule has 4 rings (SSSR count). The van der Waals surface area contributed by atoms with Gasteiger partial charge in [-0.25, -0.2) is 8.37 Å². The second-order valence-corrected chi connectivity index (χ2v) is 22.4. The third-order valence-corrected chi connectivity index (χ3v) is 17.0. The summed E-state index contributed by atoms with van der Waals surface area (Å²) in [5, 5.41) is 0. The molecule has 4 aliphatic carbocycles. The molecule has 7 atom stereocenters. The smallest absolute Gasteiger partial charge is 0.400 e. The van der Waals surface area contributed by atoms with Crippen LogP contribution in [0.1, 0.15) is 259 Å². The van der Waals surface area contributed by atoms with Crippen LogP contribution in [-0.2, 0) is 42.6 Å². The van der Waals surface area contributed by atoms with Gasteiger partial charge in [0.2, 0.25) is 0 Å². The molecule has 9 nitrogen and oxygen atoms in total. The Balaban J connectivity index is 1.18. The minimum atomic E-state index is -4.43. The van der Waals surface area contributed by atoms with E-state index in [2.05, 4.69) is 33.8 Å². The van der Waals surface area contributed by atoms with Crippen molar-refractivity contribution in [1.82, 2.24) is 0 Å². The second kappa shape index (κ2) is 29.9. The summed E-state index contributed by atoms with van der Waals surface area (Å²) in [5.41, 5.74) is 1.06. The first kappa shape index (κ1) is 54.8. The number of hydrogen-bond donors (Lipinski definition) is 0. The van der Waals surface area contributed by atoms with Gasteiger partial charge in [0, 0.05) is 24.7 Å². The van der Waals surface area contributed by atoms with Crippen molar-refractivity contribution < 1.29 is 40.6 Å². The summed E-state index contributed by atoms with van der Waals surface area (Å²) in [7, 11) is -4.43. The van der Waals surface area contributed by atoms with Gasteiger partial charge in [-0.1, -0.05) is 193 Å². The maximum absolute atomic E-state index is 13.3. The molecular formula is C54H94O9S. The van der Waals surface area contributed by atoms with Gasteiger partial charge in [0.05, 0.1) is 6.10 Å². The molecule has 3 fully saturated rings. The molecule has 0 saturated heterocycles. The van der Waals surface area contributed by atoms with Crippen LogP contribution in [0.25, 0.3) is 0 Å². The number of Topliss-reactive ketones (excluding diaryl/α,β-unsaturated/α-hetero) is 1. The third-order valence-electron chi connectivity index (χ3n) is 16.1. The lowest BCUT2D eigenvalue weighted by molar-refractivity contribution is -0.161. The minimum absolute atomic E-state index is 0.0241. The van der Waals surface area contributed by atoms with Crippen LogP contribution >= 0.6 is 0 Å². The molecule has 0 aromatic rings. The van der Waals surface area contributed by atoms with E-state index in [-0.39, 0.29) is 36.2 Å². The predicted octanol–water partition coefficient (Wildman–Crippen LogP) is 14.6. The van der Waals surface area contributed by atoms with Gasteiger partial charge in [-0.2, -0.15) is 8.42 Å². The Morgan fingerprint density at radius 2 is 1.09 bits per heavy atom. The van der Waals surface area contributed by atoms with E-state index < -0.39 is 35.2 Å². The fourth-order valence-corrected chi connectivity index (χ4v) is 12.9. The molecule has 370 valence electrons. The molecule has 0 aromatic heterocycles. The number of ether oxygens (including phenoxy) is 2. The summed E-state index contributed by atoms with van der Waals surface area (Å²) < 4.78 is 48.9. The zero-order valence-electron chi connectivity index (χ0n) is 41.4. The number of carbonyl (C=O) groups is 3. The van der Waals surface area contributed by atoms with Gasteiger partial charge in [-0.05, 0) is 81.0 Å². The topological polar surface area (TPSA) is 122 Å². The van der Waals surface area contributed by atoms with Crippen LogP contribution in [0.4, 0.5) is 0 Å². The first-order valence-corrected chi connectivity index (χ1v) is 28.4. The lowest BCUT2D eigenvalue weighted by atomic mass is 9.48. The van der Waals surface area contributed by atoms with E-state index in [1.54, 1.807) is 0 Å². The third kappa shape index (κ3) is 18.7. The number of ketones is 1. The molecule has 0 amide bonds. The summed E-state index contributed by atoms with van der Waals surface area (Å²) in [6.07, 6.45) is 39.3. The molecule has 3 saturated carbocycles. The van der Waals surface area contributed by atoms with Gasteiger partial charge in [0.15, 0.2) is 6.10 Å². The SMILES string of the molecule is CCCCCCCCCCCCCCCC(=O)OC[C@H](COS(=O)(=O)O[C@H]1CC[C@@]2(C)C(=CC[C@@H]3[C@@H]2CC[C@]2(C)C(=O)CC[C@@H]32)C1)OC(=O)CCCCCCCCCCCCCCC. The number of esters is 2. The van der Waals surface area contributed by atoms with Gasteiger partial charge >= 0.3 is 22.3 Å². The average molecular weight is 919 g/mol. The molecule has 0 aromatic carbocycles. The summed E-state index contributed by atoms with van der Waals surface area (Å²) >= 11 is 0. The molecule has 0 N–H and O–H groups in total. The summed E-state index contributed by atoms with van der Waals surface area (Å²) in [6.45, 7) is 8.30. The Hall–Kier alpha value is -1.78. The maximum atomic E-state index is 13.3. The van der Waals surface area contributed by atoms with E-state index in [0.717, 1.165) is 70.6 Å². The van der Waals surface area contributed by atoms with Crippen molar-refractivity contribution in [2.75, 3.05) is 13.2 Å². The Morgan fingerprint density at radius 3 is 1.62 bits per heavy atom. The zero-order valence-corrected chi connectivity index (χ0v) is 42.2. The number of rotatable bonds is 36. The highest BCUT2D eigenvalue weighted by Gasteiger charge is 2.58. The van der Waals surface area contributed by atoms with E-state index in [1.807, 2.05) is 0 Å². The molecule has 64 heavy (non-hydrogen) atoms. The van der Waals surface area contributed by atoms with E-state index in [1.165, 1.54) is 128 Å². The number of carbonyl (C=O) groups excluding carboxylic acids is 3. The van der Waals surface area contributed by atoms with Crippen molar-refractivity contribution in [3.8, 4) is 0 Å². The Bertz CT molecular complexity index is 1490. The molecule has 4 aliphatic rings. The Kier molecular flexibility index (Phi) is 25.6. The standard InChI is InChI=1S/C54H94O9S/c1-5-7-9-11-13-15-17-19-21-23-25-27-29-31-51(56)60-42-46(62-52(57)32-30-28-26-24-22-20-18-16-14-12-10-8-6-2)43-61-64(58,59)63-45-37-39-53(3)44(41-45)33-34-47-48-35-36-50(55)54(48,4)40-38-49(47)53/h33,45-49H,5-32,34-43H2,1-4H3/t45-,46+,47-,48-,49-,53-,54-/m0/s1. The van der Waals surface area contributed by atoms with Gasteiger partial charge in [0.1, 0.15) is 19.0 Å². The molecule has 0 spiro atoms. The van der Waals surface area contributed by atoms with E-state index >= 15 is 0 Å². The van der Waals surface area contributed by atoms with Crippen LogP contribution in [0.2, 0.25) is 0 Å².